The molecule has 0 amide bonds. The van der Waals surface area contributed by atoms with Gasteiger partial charge in [-0.3, -0.25) is 0 Å². The van der Waals surface area contributed by atoms with Gasteiger partial charge in [0.2, 0.25) is 0 Å². The van der Waals surface area contributed by atoms with Gasteiger partial charge in [0.15, 0.2) is 0 Å². The minimum absolute atomic E-state index is 0.173. The first kappa shape index (κ1) is 13.2. The molecule has 0 saturated heterocycles. The topological polar surface area (TPSA) is 39.4 Å². The van der Waals surface area contributed by atoms with Crippen molar-refractivity contribution in [1.29, 1.82) is 0 Å². The number of ether oxygens (including phenoxy) is 1. The molecule has 0 bridgehead atoms. The second-order valence-electron chi connectivity index (χ2n) is 5.41. The number of hydrogen-bond donors (Lipinski definition) is 0. The van der Waals surface area contributed by atoms with Crippen molar-refractivity contribution < 1.29 is 9.15 Å². The van der Waals surface area contributed by atoms with E-state index in [0.29, 0.717) is 12.2 Å². The van der Waals surface area contributed by atoms with Crippen LogP contribution in [0, 0.1) is 0 Å². The second-order valence-corrected chi connectivity index (χ2v) is 5.41. The first-order valence-electron chi connectivity index (χ1n) is 7.51. The quantitative estimate of drug-likeness (QED) is 0.613. The number of unbranched alkanes of at least 4 members (excludes halogenated alkanes) is 2. The molecule has 1 aliphatic carbocycles. The Morgan fingerprint density at radius 2 is 2.05 bits per heavy atom. The lowest BCUT2D eigenvalue weighted by Crippen LogP contribution is -2.07. The van der Waals surface area contributed by atoms with E-state index < -0.39 is 0 Å². The Balaban J connectivity index is 1.88. The van der Waals surface area contributed by atoms with Crippen LogP contribution in [0.1, 0.15) is 43.7 Å². The predicted molar refractivity (Wildman–Crippen MR) is 79.5 cm³/mol. The van der Waals surface area contributed by atoms with E-state index in [0.717, 1.165) is 42.4 Å². The van der Waals surface area contributed by atoms with Crippen LogP contribution in [0.25, 0.3) is 11.0 Å². The molecule has 3 rings (SSSR count). The highest BCUT2D eigenvalue weighted by molar-refractivity contribution is 5.83. The summed E-state index contributed by atoms with van der Waals surface area (Å²) in [4.78, 5) is 11.9. The smallest absolute Gasteiger partial charge is 0.339 e. The summed E-state index contributed by atoms with van der Waals surface area (Å²) in [5.74, 6) is 0.787. The molecule has 3 nitrogen and oxygen atoms in total. The van der Waals surface area contributed by atoms with Gasteiger partial charge in [-0.25, -0.2) is 4.79 Å². The average molecular weight is 272 g/mol. The zero-order valence-corrected chi connectivity index (χ0v) is 11.9. The minimum atomic E-state index is -0.173. The van der Waals surface area contributed by atoms with Gasteiger partial charge in [-0.05, 0) is 43.4 Å². The van der Waals surface area contributed by atoms with Gasteiger partial charge in [0.1, 0.15) is 11.3 Å². The van der Waals surface area contributed by atoms with Gasteiger partial charge in [-0.1, -0.05) is 19.8 Å². The molecule has 0 N–H and O–H groups in total. The van der Waals surface area contributed by atoms with Crippen molar-refractivity contribution in [2.75, 3.05) is 6.61 Å². The Kier molecular flexibility index (Phi) is 3.77. The fourth-order valence-corrected chi connectivity index (χ4v) is 2.90. The van der Waals surface area contributed by atoms with E-state index in [1.54, 1.807) is 0 Å². The van der Waals surface area contributed by atoms with Crippen molar-refractivity contribution in [1.82, 2.24) is 0 Å². The fourth-order valence-electron chi connectivity index (χ4n) is 2.90. The van der Waals surface area contributed by atoms with E-state index in [2.05, 4.69) is 6.92 Å². The van der Waals surface area contributed by atoms with Crippen molar-refractivity contribution in [2.24, 2.45) is 0 Å². The summed E-state index contributed by atoms with van der Waals surface area (Å²) in [6.45, 7) is 2.89. The van der Waals surface area contributed by atoms with E-state index in [9.17, 15) is 4.79 Å². The standard InChI is InChI=1S/C17H20O3/c1-2-3-4-10-19-12-8-9-14-13-6-5-7-15(13)17(18)20-16(14)11-12/h8-9,11H,2-7,10H2,1H3. The van der Waals surface area contributed by atoms with Gasteiger partial charge in [-0.2, -0.15) is 0 Å². The lowest BCUT2D eigenvalue weighted by molar-refractivity contribution is 0.306. The first-order chi connectivity index (χ1) is 9.79. The third-order valence-electron chi connectivity index (χ3n) is 3.96. The Hall–Kier alpha value is -1.77. The monoisotopic (exact) mass is 272 g/mol. The Morgan fingerprint density at radius 3 is 2.90 bits per heavy atom. The van der Waals surface area contributed by atoms with Crippen LogP contribution in [0.5, 0.6) is 5.75 Å². The number of aryl methyl sites for hydroxylation is 1. The first-order valence-corrected chi connectivity index (χ1v) is 7.51. The summed E-state index contributed by atoms with van der Waals surface area (Å²) in [5.41, 5.74) is 2.53. The second kappa shape index (κ2) is 5.70. The summed E-state index contributed by atoms with van der Waals surface area (Å²) in [6, 6.07) is 5.85. The van der Waals surface area contributed by atoms with Gasteiger partial charge >= 0.3 is 5.63 Å². The largest absolute Gasteiger partial charge is 0.493 e. The van der Waals surface area contributed by atoms with Crippen LogP contribution < -0.4 is 10.4 Å². The molecule has 0 fully saturated rings. The third kappa shape index (κ3) is 2.45. The van der Waals surface area contributed by atoms with Crippen LogP contribution in [0.3, 0.4) is 0 Å². The SMILES string of the molecule is CCCCCOc1ccc2c3c(c(=O)oc2c1)CCC3. The zero-order valence-electron chi connectivity index (χ0n) is 11.9. The molecule has 1 aromatic carbocycles. The van der Waals surface area contributed by atoms with Crippen LogP contribution in [-0.2, 0) is 12.8 Å². The van der Waals surface area contributed by atoms with Crippen LogP contribution in [0.2, 0.25) is 0 Å². The molecule has 0 unspecified atom stereocenters. The van der Waals surface area contributed by atoms with Gasteiger partial charge in [-0.15, -0.1) is 0 Å². The molecule has 20 heavy (non-hydrogen) atoms. The van der Waals surface area contributed by atoms with Crippen LogP contribution in [0.15, 0.2) is 27.4 Å². The average Bonchev–Trinajstić information content (AvgIpc) is 2.94. The van der Waals surface area contributed by atoms with Crippen LogP contribution in [0.4, 0.5) is 0 Å². The van der Waals surface area contributed by atoms with Crippen molar-refractivity contribution in [3.8, 4) is 5.75 Å². The van der Waals surface area contributed by atoms with Crippen molar-refractivity contribution in [3.63, 3.8) is 0 Å². The van der Waals surface area contributed by atoms with Gasteiger partial charge < -0.3 is 9.15 Å². The lowest BCUT2D eigenvalue weighted by Gasteiger charge is -2.08. The molecule has 0 spiro atoms. The summed E-state index contributed by atoms with van der Waals surface area (Å²) in [6.07, 6.45) is 6.30. The Bertz CT molecular complexity index is 670. The highest BCUT2D eigenvalue weighted by Crippen LogP contribution is 2.29. The number of rotatable bonds is 5. The predicted octanol–water partition coefficient (Wildman–Crippen LogP) is 3.85. The Morgan fingerprint density at radius 1 is 1.20 bits per heavy atom. The van der Waals surface area contributed by atoms with E-state index in [4.69, 9.17) is 9.15 Å². The van der Waals surface area contributed by atoms with E-state index in [1.807, 2.05) is 18.2 Å². The summed E-state index contributed by atoms with van der Waals surface area (Å²) in [7, 11) is 0. The third-order valence-corrected chi connectivity index (χ3v) is 3.96. The highest BCUT2D eigenvalue weighted by Gasteiger charge is 2.19. The minimum Gasteiger partial charge on any atom is -0.493 e. The molecular formula is C17H20O3. The zero-order chi connectivity index (χ0) is 13.9. The summed E-state index contributed by atoms with van der Waals surface area (Å²) >= 11 is 0. The van der Waals surface area contributed by atoms with Gasteiger partial charge in [0.05, 0.1) is 6.61 Å². The maximum atomic E-state index is 11.9. The summed E-state index contributed by atoms with van der Waals surface area (Å²) in [5, 5.41) is 1.07. The fraction of sp³-hybridized carbons (Fsp3) is 0.471. The molecule has 1 heterocycles. The Labute approximate surface area is 118 Å². The van der Waals surface area contributed by atoms with Crippen molar-refractivity contribution >= 4 is 11.0 Å². The van der Waals surface area contributed by atoms with Gasteiger partial charge in [0.25, 0.3) is 0 Å². The molecule has 106 valence electrons. The summed E-state index contributed by atoms with van der Waals surface area (Å²) < 4.78 is 11.2. The molecule has 1 aromatic heterocycles. The molecule has 3 heteroatoms. The number of hydrogen-bond acceptors (Lipinski definition) is 3. The highest BCUT2D eigenvalue weighted by atomic mass is 16.5. The maximum absolute atomic E-state index is 11.9. The van der Waals surface area contributed by atoms with E-state index in [-0.39, 0.29) is 5.63 Å². The van der Waals surface area contributed by atoms with Crippen molar-refractivity contribution in [3.05, 3.63) is 39.7 Å². The van der Waals surface area contributed by atoms with E-state index >= 15 is 0 Å². The molecule has 0 atom stereocenters. The molecule has 0 radical (unpaired) electrons. The number of benzene rings is 1. The maximum Gasteiger partial charge on any atom is 0.339 e. The molecule has 0 saturated carbocycles. The van der Waals surface area contributed by atoms with Crippen LogP contribution in [-0.4, -0.2) is 6.61 Å². The van der Waals surface area contributed by atoms with Gasteiger partial charge in [0, 0.05) is 17.0 Å². The molecule has 0 aliphatic heterocycles. The van der Waals surface area contributed by atoms with Crippen molar-refractivity contribution in [2.45, 2.75) is 45.4 Å². The number of fused-ring (bicyclic) bond motifs is 3. The normalized spacial score (nSPS) is 13.7. The van der Waals surface area contributed by atoms with E-state index in [1.165, 1.54) is 18.4 Å². The lowest BCUT2D eigenvalue weighted by atomic mass is 10.1. The van der Waals surface area contributed by atoms with Crippen LogP contribution >= 0.6 is 0 Å². The molecular weight excluding hydrogens is 252 g/mol. The molecule has 2 aromatic rings. The molecule has 1 aliphatic rings.